The Morgan fingerprint density at radius 2 is 1.64 bits per heavy atom. The summed E-state index contributed by atoms with van der Waals surface area (Å²) in [5.41, 5.74) is 5.38. The van der Waals surface area contributed by atoms with Gasteiger partial charge in [-0.05, 0) is 57.9 Å². The third kappa shape index (κ3) is 5.61. The van der Waals surface area contributed by atoms with Crippen molar-refractivity contribution >= 4 is 17.8 Å². The Labute approximate surface area is 166 Å². The second kappa shape index (κ2) is 10.5. The van der Waals surface area contributed by atoms with Crippen molar-refractivity contribution in [3.05, 3.63) is 29.8 Å². The molecule has 1 fully saturated rings. The van der Waals surface area contributed by atoms with E-state index in [1.807, 2.05) is 20.8 Å². The highest BCUT2D eigenvalue weighted by atomic mass is 16.5. The molecule has 28 heavy (non-hydrogen) atoms. The largest absolute Gasteiger partial charge is 0.494 e. The van der Waals surface area contributed by atoms with Crippen molar-refractivity contribution in [2.45, 2.75) is 33.6 Å². The number of likely N-dealkylation sites (tertiary alicyclic amines) is 1. The van der Waals surface area contributed by atoms with Crippen LogP contribution in [0, 0.1) is 5.92 Å². The number of nitrogens with one attached hydrogen (secondary N) is 2. The van der Waals surface area contributed by atoms with E-state index in [2.05, 4.69) is 10.9 Å². The van der Waals surface area contributed by atoms with Gasteiger partial charge in [0.2, 0.25) is 5.91 Å². The van der Waals surface area contributed by atoms with Crippen molar-refractivity contribution in [3.8, 4) is 5.75 Å². The number of urea groups is 1. The fourth-order valence-electron chi connectivity index (χ4n) is 3.19. The number of rotatable bonds is 6. The van der Waals surface area contributed by atoms with Gasteiger partial charge in [0.25, 0.3) is 5.91 Å². The van der Waals surface area contributed by atoms with Crippen LogP contribution >= 0.6 is 0 Å². The minimum absolute atomic E-state index is 0.0210. The highest BCUT2D eigenvalue weighted by molar-refractivity contribution is 5.95. The molecule has 0 radical (unpaired) electrons. The van der Waals surface area contributed by atoms with Crippen molar-refractivity contribution in [3.63, 3.8) is 0 Å². The van der Waals surface area contributed by atoms with Crippen molar-refractivity contribution in [1.29, 1.82) is 0 Å². The highest BCUT2D eigenvalue weighted by Crippen LogP contribution is 2.18. The average molecular weight is 390 g/mol. The van der Waals surface area contributed by atoms with Crippen molar-refractivity contribution in [2.75, 3.05) is 32.8 Å². The summed E-state index contributed by atoms with van der Waals surface area (Å²) in [6.07, 6.45) is 1.16. The molecular weight excluding hydrogens is 360 g/mol. The van der Waals surface area contributed by atoms with Crippen LogP contribution in [0.5, 0.6) is 5.75 Å². The van der Waals surface area contributed by atoms with Gasteiger partial charge in [-0.25, -0.2) is 4.79 Å². The molecule has 0 spiro atoms. The van der Waals surface area contributed by atoms with Crippen LogP contribution in [0.4, 0.5) is 4.79 Å². The maximum Gasteiger partial charge on any atom is 0.319 e. The number of carbonyl (C=O) groups excluding carboxylic acids is 3. The summed E-state index contributed by atoms with van der Waals surface area (Å²) in [5.74, 6) is -0.143. The Bertz CT molecular complexity index is 665. The number of amides is 4. The quantitative estimate of drug-likeness (QED) is 0.727. The lowest BCUT2D eigenvalue weighted by molar-refractivity contribution is -0.127. The van der Waals surface area contributed by atoms with Gasteiger partial charge in [0.1, 0.15) is 5.75 Å². The molecule has 8 heteroatoms. The summed E-state index contributed by atoms with van der Waals surface area (Å²) in [6.45, 7) is 8.78. The van der Waals surface area contributed by atoms with Crippen LogP contribution in [-0.2, 0) is 4.79 Å². The molecule has 2 rings (SSSR count). The zero-order valence-electron chi connectivity index (χ0n) is 16.9. The molecule has 1 aliphatic heterocycles. The molecule has 2 N–H and O–H groups in total. The Morgan fingerprint density at radius 1 is 1.04 bits per heavy atom. The van der Waals surface area contributed by atoms with E-state index >= 15 is 0 Å². The molecule has 1 aromatic rings. The Hall–Kier alpha value is -2.77. The molecule has 1 aromatic carbocycles. The summed E-state index contributed by atoms with van der Waals surface area (Å²) in [4.78, 5) is 40.4. The summed E-state index contributed by atoms with van der Waals surface area (Å²) >= 11 is 0. The lowest BCUT2D eigenvalue weighted by Crippen LogP contribution is -2.50. The summed E-state index contributed by atoms with van der Waals surface area (Å²) in [5, 5.41) is 0. The van der Waals surface area contributed by atoms with Crippen molar-refractivity contribution in [1.82, 2.24) is 20.7 Å². The summed E-state index contributed by atoms with van der Waals surface area (Å²) in [7, 11) is 0. The number of piperidine rings is 1. The number of hydrogen-bond acceptors (Lipinski definition) is 4. The zero-order valence-corrected chi connectivity index (χ0v) is 16.9. The third-order valence-corrected chi connectivity index (χ3v) is 4.90. The average Bonchev–Trinajstić information content (AvgIpc) is 2.73. The van der Waals surface area contributed by atoms with Crippen LogP contribution in [0.3, 0.4) is 0 Å². The normalized spacial score (nSPS) is 14.3. The lowest BCUT2D eigenvalue weighted by atomic mass is 9.96. The van der Waals surface area contributed by atoms with E-state index in [0.29, 0.717) is 56.9 Å². The molecule has 1 saturated heterocycles. The smallest absolute Gasteiger partial charge is 0.319 e. The lowest BCUT2D eigenvalue weighted by Gasteiger charge is -2.34. The molecule has 0 aromatic heterocycles. The fraction of sp³-hybridized carbons (Fsp3) is 0.550. The first kappa shape index (κ1) is 21.5. The third-order valence-electron chi connectivity index (χ3n) is 4.90. The number of benzene rings is 1. The van der Waals surface area contributed by atoms with Gasteiger partial charge in [-0.15, -0.1) is 0 Å². The molecule has 0 atom stereocenters. The molecular formula is C20H30N4O4. The van der Waals surface area contributed by atoms with Crippen LogP contribution < -0.4 is 15.6 Å². The van der Waals surface area contributed by atoms with E-state index in [4.69, 9.17) is 4.74 Å². The van der Waals surface area contributed by atoms with E-state index in [1.54, 1.807) is 34.1 Å². The molecule has 1 aliphatic rings. The SMILES string of the molecule is CCOc1ccc(C(=O)NNC(=O)C2CCN(C(=O)N(CC)CC)CC2)cc1. The van der Waals surface area contributed by atoms with Gasteiger partial charge in [-0.2, -0.15) is 0 Å². The number of ether oxygens (including phenoxy) is 1. The van der Waals surface area contributed by atoms with E-state index < -0.39 is 0 Å². The highest BCUT2D eigenvalue weighted by Gasteiger charge is 2.29. The van der Waals surface area contributed by atoms with E-state index in [1.165, 1.54) is 0 Å². The topological polar surface area (TPSA) is 91.0 Å². The minimum Gasteiger partial charge on any atom is -0.494 e. The Morgan fingerprint density at radius 3 is 2.18 bits per heavy atom. The number of hydrogen-bond donors (Lipinski definition) is 2. The number of nitrogens with zero attached hydrogens (tertiary/aromatic N) is 2. The maximum atomic E-state index is 12.4. The van der Waals surface area contributed by atoms with E-state index in [-0.39, 0.29) is 23.8 Å². The minimum atomic E-state index is -0.384. The molecule has 0 unspecified atom stereocenters. The number of hydrazine groups is 1. The molecule has 0 saturated carbocycles. The number of carbonyl (C=O) groups is 3. The Balaban J connectivity index is 1.78. The fourth-order valence-corrected chi connectivity index (χ4v) is 3.19. The van der Waals surface area contributed by atoms with Gasteiger partial charge < -0.3 is 14.5 Å². The standard InChI is InChI=1S/C20H30N4O4/c1-4-23(5-2)20(27)24-13-11-16(12-14-24)19(26)22-21-18(25)15-7-9-17(10-8-15)28-6-3/h7-10,16H,4-6,11-14H2,1-3H3,(H,21,25)(H,22,26). The first-order chi connectivity index (χ1) is 13.5. The van der Waals surface area contributed by atoms with Gasteiger partial charge in [-0.3, -0.25) is 20.4 Å². The van der Waals surface area contributed by atoms with Crippen molar-refractivity contribution < 1.29 is 19.1 Å². The van der Waals surface area contributed by atoms with Gasteiger partial charge in [-0.1, -0.05) is 0 Å². The van der Waals surface area contributed by atoms with Crippen LogP contribution in [-0.4, -0.2) is 60.4 Å². The molecule has 4 amide bonds. The first-order valence-electron chi connectivity index (χ1n) is 9.87. The zero-order chi connectivity index (χ0) is 20.5. The van der Waals surface area contributed by atoms with Crippen LogP contribution in [0.2, 0.25) is 0 Å². The molecule has 0 bridgehead atoms. The summed E-state index contributed by atoms with van der Waals surface area (Å²) < 4.78 is 5.34. The second-order valence-electron chi connectivity index (χ2n) is 6.62. The van der Waals surface area contributed by atoms with E-state index in [0.717, 1.165) is 0 Å². The first-order valence-corrected chi connectivity index (χ1v) is 9.87. The predicted octanol–water partition coefficient (Wildman–Crippen LogP) is 2.02. The van der Waals surface area contributed by atoms with Crippen LogP contribution in [0.15, 0.2) is 24.3 Å². The van der Waals surface area contributed by atoms with Gasteiger partial charge >= 0.3 is 6.03 Å². The molecule has 1 heterocycles. The molecule has 0 aliphatic carbocycles. The monoisotopic (exact) mass is 390 g/mol. The molecule has 154 valence electrons. The van der Waals surface area contributed by atoms with Gasteiger partial charge in [0.05, 0.1) is 6.61 Å². The van der Waals surface area contributed by atoms with Gasteiger partial charge in [0.15, 0.2) is 0 Å². The van der Waals surface area contributed by atoms with Crippen molar-refractivity contribution in [2.24, 2.45) is 5.92 Å². The van der Waals surface area contributed by atoms with E-state index in [9.17, 15) is 14.4 Å². The second-order valence-corrected chi connectivity index (χ2v) is 6.62. The van der Waals surface area contributed by atoms with Crippen LogP contribution in [0.1, 0.15) is 44.0 Å². The predicted molar refractivity (Wildman–Crippen MR) is 106 cm³/mol. The maximum absolute atomic E-state index is 12.4. The van der Waals surface area contributed by atoms with Gasteiger partial charge in [0, 0.05) is 37.7 Å². The molecule has 8 nitrogen and oxygen atoms in total. The Kier molecular flexibility index (Phi) is 8.10. The summed E-state index contributed by atoms with van der Waals surface area (Å²) in [6, 6.07) is 6.73. The van der Waals surface area contributed by atoms with Crippen LogP contribution in [0.25, 0.3) is 0 Å².